The summed E-state index contributed by atoms with van der Waals surface area (Å²) in [5, 5.41) is 39.9. The highest BCUT2D eigenvalue weighted by atomic mass is 16.6. The van der Waals surface area contributed by atoms with Crippen LogP contribution >= 0.6 is 0 Å². The Labute approximate surface area is 199 Å². The number of rotatable bonds is 9. The molecule has 0 aromatic heterocycles. The second-order valence-electron chi connectivity index (χ2n) is 9.08. The third kappa shape index (κ3) is 5.87. The summed E-state index contributed by atoms with van der Waals surface area (Å²) < 4.78 is 22.9. The van der Waals surface area contributed by atoms with Gasteiger partial charge in [0, 0.05) is 6.42 Å². The van der Waals surface area contributed by atoms with Crippen molar-refractivity contribution in [1.82, 2.24) is 0 Å². The Bertz CT molecular complexity index is 956. The van der Waals surface area contributed by atoms with Gasteiger partial charge in [-0.25, -0.2) is 0 Å². The molecule has 1 heterocycles. The molecular weight excluding hydrogens is 440 g/mol. The average molecular weight is 475 g/mol. The summed E-state index contributed by atoms with van der Waals surface area (Å²) in [5.41, 5.74) is 1.73. The molecule has 2 aromatic carbocycles. The molecule has 1 aliphatic heterocycles. The van der Waals surface area contributed by atoms with E-state index in [9.17, 15) is 15.3 Å². The Hall–Kier alpha value is -2.68. The standard InChI is InChI=1S/C26H34O8/c1-31-24-11-17(12-25(26(24)30)33-19-4-2-3-5-19)22-14-18(28)13-20(34-22)8-6-16-7-9-21(29)23(10-16)32-15-27/h7,9-12,18-20,22,27-30H,2-6,8,13-15H2,1H3/t18-,20-,22-/m0/s1. The van der Waals surface area contributed by atoms with E-state index in [-0.39, 0.29) is 35.6 Å². The number of ether oxygens (including phenoxy) is 4. The first-order valence-corrected chi connectivity index (χ1v) is 11.9. The van der Waals surface area contributed by atoms with Crippen LogP contribution in [-0.4, -0.2) is 52.6 Å². The lowest BCUT2D eigenvalue weighted by atomic mass is 9.93. The SMILES string of the molecule is COc1cc([C@@H]2C[C@@H](O)C[C@H](CCc3ccc(O)c(OCO)c3)O2)cc(OC2CCCC2)c1O. The maximum absolute atomic E-state index is 10.6. The van der Waals surface area contributed by atoms with Crippen LogP contribution < -0.4 is 14.2 Å². The number of phenolic OH excluding ortho intramolecular Hbond substituents is 2. The predicted molar refractivity (Wildman–Crippen MR) is 125 cm³/mol. The minimum Gasteiger partial charge on any atom is -0.504 e. The fourth-order valence-electron chi connectivity index (χ4n) is 4.84. The Balaban J connectivity index is 1.46. The van der Waals surface area contributed by atoms with Crippen molar-refractivity contribution in [3.63, 3.8) is 0 Å². The molecule has 2 fully saturated rings. The molecule has 0 bridgehead atoms. The molecule has 34 heavy (non-hydrogen) atoms. The lowest BCUT2D eigenvalue weighted by molar-refractivity contribution is -0.0999. The number of benzene rings is 2. The van der Waals surface area contributed by atoms with Crippen molar-refractivity contribution in [2.75, 3.05) is 13.9 Å². The minimum absolute atomic E-state index is 0.0145. The van der Waals surface area contributed by atoms with E-state index in [0.29, 0.717) is 37.2 Å². The van der Waals surface area contributed by atoms with Crippen LogP contribution in [0.25, 0.3) is 0 Å². The van der Waals surface area contributed by atoms with E-state index in [4.69, 9.17) is 24.1 Å². The molecule has 1 saturated carbocycles. The molecule has 2 aromatic rings. The van der Waals surface area contributed by atoms with Gasteiger partial charge in [-0.3, -0.25) is 0 Å². The molecule has 186 valence electrons. The molecule has 0 amide bonds. The van der Waals surface area contributed by atoms with Crippen LogP contribution in [0.5, 0.6) is 28.7 Å². The molecule has 1 saturated heterocycles. The van der Waals surface area contributed by atoms with Crippen LogP contribution in [0.2, 0.25) is 0 Å². The van der Waals surface area contributed by atoms with E-state index in [1.807, 2.05) is 0 Å². The molecule has 4 rings (SSSR count). The van der Waals surface area contributed by atoms with Gasteiger partial charge < -0.3 is 39.4 Å². The number of aromatic hydroxyl groups is 2. The topological polar surface area (TPSA) is 118 Å². The number of aryl methyl sites for hydroxylation is 1. The number of hydrogen-bond donors (Lipinski definition) is 4. The van der Waals surface area contributed by atoms with Crippen LogP contribution in [0.3, 0.4) is 0 Å². The van der Waals surface area contributed by atoms with Crippen molar-refractivity contribution in [2.45, 2.75) is 75.8 Å². The van der Waals surface area contributed by atoms with E-state index in [1.165, 1.54) is 13.2 Å². The highest BCUT2D eigenvalue weighted by Gasteiger charge is 2.31. The molecule has 8 nitrogen and oxygen atoms in total. The zero-order valence-electron chi connectivity index (χ0n) is 19.5. The smallest absolute Gasteiger partial charge is 0.200 e. The summed E-state index contributed by atoms with van der Waals surface area (Å²) in [7, 11) is 1.50. The third-order valence-corrected chi connectivity index (χ3v) is 6.63. The number of methoxy groups -OCH3 is 1. The zero-order valence-corrected chi connectivity index (χ0v) is 19.5. The molecule has 2 aliphatic rings. The predicted octanol–water partition coefficient (Wildman–Crippen LogP) is 3.97. The molecule has 0 spiro atoms. The van der Waals surface area contributed by atoms with Gasteiger partial charge in [0.05, 0.1) is 31.5 Å². The number of aliphatic hydroxyl groups excluding tert-OH is 2. The quantitative estimate of drug-likeness (QED) is 0.403. The van der Waals surface area contributed by atoms with Gasteiger partial charge in [0.25, 0.3) is 0 Å². The molecule has 3 atom stereocenters. The van der Waals surface area contributed by atoms with Crippen LogP contribution in [0.15, 0.2) is 30.3 Å². The van der Waals surface area contributed by atoms with Crippen LogP contribution in [0.4, 0.5) is 0 Å². The van der Waals surface area contributed by atoms with Gasteiger partial charge in [-0.05, 0) is 80.3 Å². The monoisotopic (exact) mass is 474 g/mol. The van der Waals surface area contributed by atoms with Crippen molar-refractivity contribution in [3.8, 4) is 28.7 Å². The van der Waals surface area contributed by atoms with Crippen molar-refractivity contribution >= 4 is 0 Å². The summed E-state index contributed by atoms with van der Waals surface area (Å²) in [5.74, 6) is 0.903. The van der Waals surface area contributed by atoms with Crippen molar-refractivity contribution < 1.29 is 39.4 Å². The first kappa shape index (κ1) is 24.4. The van der Waals surface area contributed by atoms with E-state index >= 15 is 0 Å². The molecule has 0 radical (unpaired) electrons. The van der Waals surface area contributed by atoms with Crippen molar-refractivity contribution in [1.29, 1.82) is 0 Å². The number of phenols is 2. The maximum atomic E-state index is 10.6. The second-order valence-corrected chi connectivity index (χ2v) is 9.08. The molecular formula is C26H34O8. The van der Waals surface area contributed by atoms with Crippen LogP contribution in [-0.2, 0) is 11.2 Å². The fraction of sp³-hybridized carbons (Fsp3) is 0.538. The first-order chi connectivity index (χ1) is 16.5. The maximum Gasteiger partial charge on any atom is 0.200 e. The van der Waals surface area contributed by atoms with Gasteiger partial charge in [-0.2, -0.15) is 0 Å². The summed E-state index contributed by atoms with van der Waals surface area (Å²) in [4.78, 5) is 0. The number of hydrogen-bond acceptors (Lipinski definition) is 8. The minimum atomic E-state index is -0.518. The van der Waals surface area contributed by atoms with Gasteiger partial charge in [0.2, 0.25) is 5.75 Å². The zero-order chi connectivity index (χ0) is 24.1. The van der Waals surface area contributed by atoms with E-state index < -0.39 is 12.9 Å². The summed E-state index contributed by atoms with van der Waals surface area (Å²) in [6.45, 7) is -0.515. The lowest BCUT2D eigenvalue weighted by Gasteiger charge is -2.34. The van der Waals surface area contributed by atoms with Gasteiger partial charge in [0.15, 0.2) is 29.8 Å². The van der Waals surface area contributed by atoms with E-state index in [1.54, 1.807) is 24.3 Å². The van der Waals surface area contributed by atoms with E-state index in [2.05, 4.69) is 0 Å². The van der Waals surface area contributed by atoms with Gasteiger partial charge in [-0.1, -0.05) is 6.07 Å². The normalized spacial score (nSPS) is 23.1. The Morgan fingerprint density at radius 2 is 1.76 bits per heavy atom. The molecule has 8 heteroatoms. The third-order valence-electron chi connectivity index (χ3n) is 6.63. The first-order valence-electron chi connectivity index (χ1n) is 11.9. The van der Waals surface area contributed by atoms with Crippen LogP contribution in [0.1, 0.15) is 62.2 Å². The van der Waals surface area contributed by atoms with Gasteiger partial charge in [0.1, 0.15) is 0 Å². The Morgan fingerprint density at radius 3 is 2.50 bits per heavy atom. The fourth-order valence-corrected chi connectivity index (χ4v) is 4.84. The van der Waals surface area contributed by atoms with Gasteiger partial charge in [-0.15, -0.1) is 0 Å². The largest absolute Gasteiger partial charge is 0.504 e. The average Bonchev–Trinajstić information content (AvgIpc) is 3.34. The molecule has 0 unspecified atom stereocenters. The van der Waals surface area contributed by atoms with Crippen molar-refractivity contribution in [2.24, 2.45) is 0 Å². The summed E-state index contributed by atoms with van der Waals surface area (Å²) in [6, 6.07) is 8.57. The van der Waals surface area contributed by atoms with Crippen molar-refractivity contribution in [3.05, 3.63) is 41.5 Å². The summed E-state index contributed by atoms with van der Waals surface area (Å²) >= 11 is 0. The molecule has 1 aliphatic carbocycles. The summed E-state index contributed by atoms with van der Waals surface area (Å²) in [6.07, 6.45) is 5.50. The van der Waals surface area contributed by atoms with Crippen LogP contribution in [0, 0.1) is 0 Å². The lowest BCUT2D eigenvalue weighted by Crippen LogP contribution is -2.31. The Morgan fingerprint density at radius 1 is 1.00 bits per heavy atom. The second kappa shape index (κ2) is 11.2. The van der Waals surface area contributed by atoms with E-state index in [0.717, 1.165) is 36.8 Å². The highest BCUT2D eigenvalue weighted by molar-refractivity contribution is 5.53. The Kier molecular flexibility index (Phi) is 8.03. The van der Waals surface area contributed by atoms with Gasteiger partial charge >= 0.3 is 0 Å². The number of aliphatic hydroxyl groups is 2. The highest BCUT2D eigenvalue weighted by Crippen LogP contribution is 2.43. The molecule has 4 N–H and O–H groups in total.